The minimum absolute atomic E-state index is 0.0912. The number of benzene rings is 3. The number of carbonyl (C=O) groups excluding carboxylic acids is 1. The molecule has 1 aliphatic heterocycles. The van der Waals surface area contributed by atoms with Gasteiger partial charge in [-0.05, 0) is 59.0 Å². The van der Waals surface area contributed by atoms with Crippen LogP contribution in [0.25, 0.3) is 11.1 Å². The normalized spacial score (nSPS) is 14.6. The molecule has 39 heavy (non-hydrogen) atoms. The van der Waals surface area contributed by atoms with Crippen molar-refractivity contribution >= 4 is 21.6 Å². The summed E-state index contributed by atoms with van der Waals surface area (Å²) in [6.07, 6.45) is -3.93. The van der Waals surface area contributed by atoms with Gasteiger partial charge >= 0.3 is 21.7 Å². The summed E-state index contributed by atoms with van der Waals surface area (Å²) in [6.45, 7) is 0.584. The Morgan fingerprint density at radius 3 is 2.26 bits per heavy atom. The maximum atomic E-state index is 13.1. The van der Waals surface area contributed by atoms with E-state index in [0.717, 1.165) is 23.3 Å². The lowest BCUT2D eigenvalue weighted by molar-refractivity contribution is -0.137. The van der Waals surface area contributed by atoms with E-state index in [4.69, 9.17) is 0 Å². The van der Waals surface area contributed by atoms with Crippen LogP contribution in [0.1, 0.15) is 27.0 Å². The van der Waals surface area contributed by atoms with Crippen LogP contribution in [0.3, 0.4) is 0 Å². The largest absolute Gasteiger partial charge is 0.511 e. The lowest BCUT2D eigenvalue weighted by Gasteiger charge is -2.29. The van der Waals surface area contributed by atoms with Gasteiger partial charge in [-0.3, -0.25) is 9.69 Å². The highest BCUT2D eigenvalue weighted by atomic mass is 32.2. The number of nitrogens with zero attached hydrogens (tertiary/aromatic N) is 1. The number of hydrogen-bond acceptors (Lipinski definition) is 4. The van der Waals surface area contributed by atoms with Gasteiger partial charge in [-0.15, -0.1) is 0 Å². The third-order valence-corrected chi connectivity index (χ3v) is 7.47. The van der Waals surface area contributed by atoms with E-state index in [-0.39, 0.29) is 18.7 Å². The fourth-order valence-corrected chi connectivity index (χ4v) is 4.79. The highest BCUT2D eigenvalue weighted by molar-refractivity contribution is 7.90. The van der Waals surface area contributed by atoms with Crippen molar-refractivity contribution in [3.8, 4) is 11.1 Å². The van der Waals surface area contributed by atoms with Gasteiger partial charge in [0.25, 0.3) is 5.91 Å². The molecule has 0 fully saturated rings. The second-order valence-corrected chi connectivity index (χ2v) is 10.7. The molecule has 1 heterocycles. The highest BCUT2D eigenvalue weighted by Crippen LogP contribution is 2.32. The number of rotatable bonds is 7. The van der Waals surface area contributed by atoms with Gasteiger partial charge in [0.1, 0.15) is 0 Å². The van der Waals surface area contributed by atoms with E-state index in [0.29, 0.717) is 36.3 Å². The molecule has 0 bridgehead atoms. The van der Waals surface area contributed by atoms with E-state index < -0.39 is 33.2 Å². The summed E-state index contributed by atoms with van der Waals surface area (Å²) in [5.41, 5.74) is -2.62. The number of hydrogen-bond donors (Lipinski definition) is 2. The fourth-order valence-electron chi connectivity index (χ4n) is 4.27. The van der Waals surface area contributed by atoms with Gasteiger partial charge < -0.3 is 5.32 Å². The van der Waals surface area contributed by atoms with Crippen LogP contribution in [0.5, 0.6) is 0 Å². The molecule has 3 aromatic carbocycles. The van der Waals surface area contributed by atoms with Gasteiger partial charge in [0.15, 0.2) is 0 Å². The van der Waals surface area contributed by atoms with E-state index in [1.807, 2.05) is 4.90 Å². The Kier molecular flexibility index (Phi) is 8.05. The summed E-state index contributed by atoms with van der Waals surface area (Å²) in [6, 6.07) is 16.3. The molecular weight excluding hydrogens is 548 g/mol. The van der Waals surface area contributed by atoms with Crippen molar-refractivity contribution in [2.75, 3.05) is 25.0 Å². The van der Waals surface area contributed by atoms with E-state index in [1.165, 1.54) is 12.1 Å². The maximum Gasteiger partial charge on any atom is 0.511 e. The summed E-state index contributed by atoms with van der Waals surface area (Å²) in [5, 5.41) is 2.81. The minimum atomic E-state index is -5.39. The molecule has 3 aromatic rings. The van der Waals surface area contributed by atoms with Crippen LogP contribution in [-0.2, 0) is 29.2 Å². The number of nitrogens with one attached hydrogen (secondary N) is 2. The molecule has 0 saturated heterocycles. The van der Waals surface area contributed by atoms with Gasteiger partial charge in [0, 0.05) is 37.4 Å². The first-order valence-electron chi connectivity index (χ1n) is 11.7. The molecule has 0 atom stereocenters. The first-order chi connectivity index (χ1) is 18.2. The van der Waals surface area contributed by atoms with Crippen LogP contribution in [-0.4, -0.2) is 44.4 Å². The number of halogens is 6. The molecule has 0 radical (unpaired) electrons. The highest BCUT2D eigenvalue weighted by Gasteiger charge is 2.45. The zero-order valence-electron chi connectivity index (χ0n) is 20.2. The van der Waals surface area contributed by atoms with Crippen molar-refractivity contribution in [1.82, 2.24) is 9.62 Å². The van der Waals surface area contributed by atoms with Crippen LogP contribution >= 0.6 is 0 Å². The third kappa shape index (κ3) is 6.78. The van der Waals surface area contributed by atoms with E-state index >= 15 is 0 Å². The molecule has 2 N–H and O–H groups in total. The molecule has 4 rings (SSSR count). The molecule has 0 aromatic heterocycles. The summed E-state index contributed by atoms with van der Waals surface area (Å²) in [4.78, 5) is 14.9. The Hall–Kier alpha value is -3.42. The number of fused-ring (bicyclic) bond motifs is 1. The topological polar surface area (TPSA) is 78.5 Å². The number of amides is 1. The molecule has 0 spiro atoms. The summed E-state index contributed by atoms with van der Waals surface area (Å²) in [7, 11) is -5.39. The second kappa shape index (κ2) is 11.0. The van der Waals surface area contributed by atoms with Gasteiger partial charge in [-0.25, -0.2) is 13.1 Å². The predicted octanol–water partition coefficient (Wildman–Crippen LogP) is 5.42. The average molecular weight is 572 g/mol. The first-order valence-corrected chi connectivity index (χ1v) is 13.2. The number of sulfonamides is 1. The molecule has 13 heteroatoms. The molecular formula is C26H23F6N3O3S. The van der Waals surface area contributed by atoms with E-state index in [1.54, 1.807) is 47.2 Å². The van der Waals surface area contributed by atoms with Crippen LogP contribution in [0, 0.1) is 0 Å². The summed E-state index contributed by atoms with van der Waals surface area (Å²) >= 11 is 0. The van der Waals surface area contributed by atoms with Crippen molar-refractivity contribution < 1.29 is 39.6 Å². The fraction of sp³-hybridized carbons (Fsp3) is 0.269. The number of alkyl halides is 6. The van der Waals surface area contributed by atoms with Crippen molar-refractivity contribution in [2.24, 2.45) is 0 Å². The van der Waals surface area contributed by atoms with Crippen molar-refractivity contribution in [2.45, 2.75) is 24.7 Å². The molecule has 1 aliphatic rings. The molecule has 1 amide bonds. The van der Waals surface area contributed by atoms with Crippen molar-refractivity contribution in [3.05, 3.63) is 89.0 Å². The Morgan fingerprint density at radius 1 is 0.897 bits per heavy atom. The molecule has 0 unspecified atom stereocenters. The quantitative estimate of drug-likeness (QED) is 0.372. The smallest absolute Gasteiger partial charge is 0.322 e. The summed E-state index contributed by atoms with van der Waals surface area (Å²) < 4.78 is 100.0. The first kappa shape index (κ1) is 28.6. The van der Waals surface area contributed by atoms with Crippen LogP contribution < -0.4 is 10.0 Å². The molecule has 208 valence electrons. The van der Waals surface area contributed by atoms with Crippen LogP contribution in [0.4, 0.5) is 32.0 Å². The number of carbonyl (C=O) groups is 1. The monoisotopic (exact) mass is 571 g/mol. The zero-order chi connectivity index (χ0) is 28.4. The van der Waals surface area contributed by atoms with Gasteiger partial charge in [0.05, 0.1) is 5.56 Å². The Balaban J connectivity index is 1.41. The van der Waals surface area contributed by atoms with Crippen molar-refractivity contribution in [1.29, 1.82) is 0 Å². The van der Waals surface area contributed by atoms with Gasteiger partial charge in [0.2, 0.25) is 0 Å². The van der Waals surface area contributed by atoms with E-state index in [9.17, 15) is 39.6 Å². The summed E-state index contributed by atoms with van der Waals surface area (Å²) in [5.74, 6) is -0.445. The van der Waals surface area contributed by atoms with Gasteiger partial charge in [-0.2, -0.15) is 26.3 Å². The molecule has 6 nitrogen and oxygen atoms in total. The predicted molar refractivity (Wildman–Crippen MR) is 133 cm³/mol. The Labute approximate surface area is 220 Å². The second-order valence-electron chi connectivity index (χ2n) is 8.93. The van der Waals surface area contributed by atoms with E-state index in [2.05, 4.69) is 5.32 Å². The lowest BCUT2D eigenvalue weighted by Crippen LogP contribution is -2.42. The average Bonchev–Trinajstić information content (AvgIpc) is 2.87. The zero-order valence-corrected chi connectivity index (χ0v) is 21.1. The standard InChI is InChI=1S/C26H23F6N3O3S/c27-25(28,29)20-8-5-17(6-9-20)22-3-1-2-4-23(22)24(36)34-21-10-7-19-16-35(13-11-18(19)15-21)14-12-33-39(37,38)26(30,31)32/h1-10,15,33H,11-14,16H2,(H,34,36). The number of anilines is 1. The van der Waals surface area contributed by atoms with Crippen molar-refractivity contribution in [3.63, 3.8) is 0 Å². The third-order valence-electron chi connectivity index (χ3n) is 6.28. The lowest BCUT2D eigenvalue weighted by atomic mass is 9.97. The maximum absolute atomic E-state index is 13.1. The minimum Gasteiger partial charge on any atom is -0.322 e. The molecule has 0 saturated carbocycles. The Morgan fingerprint density at radius 2 is 1.59 bits per heavy atom. The Bertz CT molecular complexity index is 1450. The van der Waals surface area contributed by atoms with Crippen LogP contribution in [0.2, 0.25) is 0 Å². The van der Waals surface area contributed by atoms with Gasteiger partial charge in [-0.1, -0.05) is 36.4 Å². The van der Waals surface area contributed by atoms with Crippen LogP contribution in [0.15, 0.2) is 66.7 Å². The SMILES string of the molecule is O=C(Nc1ccc2c(c1)CCN(CCNS(=O)(=O)C(F)(F)F)C2)c1ccccc1-c1ccc(C(F)(F)F)cc1. The molecule has 0 aliphatic carbocycles.